The number of allylic oxidation sites excluding steroid dienone is 1. The van der Waals surface area contributed by atoms with Crippen molar-refractivity contribution in [1.29, 1.82) is 0 Å². The number of phenols is 2. The first kappa shape index (κ1) is 18.9. The largest absolute Gasteiger partial charge is 0.508 e. The van der Waals surface area contributed by atoms with Gasteiger partial charge in [-0.1, -0.05) is 0 Å². The molecule has 0 saturated carbocycles. The molecule has 0 aliphatic heterocycles. The van der Waals surface area contributed by atoms with E-state index in [0.717, 1.165) is 6.07 Å². The predicted octanol–water partition coefficient (Wildman–Crippen LogP) is 3.36. The fraction of sp³-hybridized carbons (Fsp3) is 0.158. The summed E-state index contributed by atoms with van der Waals surface area (Å²) in [6.45, 7) is 3.40. The van der Waals surface area contributed by atoms with Crippen LogP contribution < -0.4 is 0 Å². The lowest BCUT2D eigenvalue weighted by molar-refractivity contribution is -0.386. The highest BCUT2D eigenvalue weighted by atomic mass is 16.6. The van der Waals surface area contributed by atoms with Crippen LogP contribution in [0.4, 0.5) is 5.69 Å². The molecule has 2 N–H and O–H groups in total. The third-order valence-electron chi connectivity index (χ3n) is 4.16. The first-order chi connectivity index (χ1) is 13.3. The van der Waals surface area contributed by atoms with Crippen molar-refractivity contribution in [3.63, 3.8) is 0 Å². The first-order valence-corrected chi connectivity index (χ1v) is 8.27. The number of rotatable bonds is 6. The molecule has 0 aliphatic rings. The Labute approximate surface area is 159 Å². The molecule has 0 bridgehead atoms. The third-order valence-corrected chi connectivity index (χ3v) is 4.16. The number of aromatic hydroxyl groups is 2. The van der Waals surface area contributed by atoms with E-state index in [1.54, 1.807) is 26.0 Å². The number of carbonyl (C=O) groups excluding carboxylic acids is 1. The monoisotopic (exact) mass is 383 g/mol. The van der Waals surface area contributed by atoms with Crippen LogP contribution in [0.25, 0.3) is 6.08 Å². The normalized spacial score (nSPS) is 11.2. The predicted molar refractivity (Wildman–Crippen MR) is 99.3 cm³/mol. The summed E-state index contributed by atoms with van der Waals surface area (Å²) in [6, 6.07) is 7.04. The van der Waals surface area contributed by atoms with Crippen LogP contribution in [0.5, 0.6) is 11.5 Å². The summed E-state index contributed by atoms with van der Waals surface area (Å²) in [6.07, 6.45) is 2.69. The van der Waals surface area contributed by atoms with E-state index in [4.69, 9.17) is 4.42 Å². The molecule has 0 amide bonds. The highest BCUT2D eigenvalue weighted by molar-refractivity contribution is 6.08. The summed E-state index contributed by atoms with van der Waals surface area (Å²) in [5.74, 6) is 0.00125. The summed E-state index contributed by atoms with van der Waals surface area (Å²) >= 11 is 0. The van der Waals surface area contributed by atoms with Crippen LogP contribution in [0, 0.1) is 24.0 Å². The van der Waals surface area contributed by atoms with Crippen molar-refractivity contribution in [2.24, 2.45) is 0 Å². The second-order valence-electron chi connectivity index (χ2n) is 6.14. The van der Waals surface area contributed by atoms with Crippen molar-refractivity contribution in [3.8, 4) is 11.5 Å². The van der Waals surface area contributed by atoms with Crippen molar-refractivity contribution in [2.45, 2.75) is 20.4 Å². The fourth-order valence-electron chi connectivity index (χ4n) is 2.80. The van der Waals surface area contributed by atoms with E-state index < -0.39 is 10.7 Å². The molecule has 2 aromatic heterocycles. The van der Waals surface area contributed by atoms with Gasteiger partial charge in [0.25, 0.3) is 0 Å². The molecular formula is C19H17N3O6. The maximum absolute atomic E-state index is 12.1. The number of hydrogen-bond donors (Lipinski definition) is 2. The van der Waals surface area contributed by atoms with E-state index in [9.17, 15) is 25.1 Å². The Morgan fingerprint density at radius 1 is 1.29 bits per heavy atom. The van der Waals surface area contributed by atoms with Gasteiger partial charge in [-0.2, -0.15) is 5.10 Å². The minimum Gasteiger partial charge on any atom is -0.508 e. The van der Waals surface area contributed by atoms with E-state index >= 15 is 0 Å². The van der Waals surface area contributed by atoms with E-state index in [2.05, 4.69) is 5.10 Å². The lowest BCUT2D eigenvalue weighted by Gasteiger charge is -2.01. The van der Waals surface area contributed by atoms with Gasteiger partial charge in [0.2, 0.25) is 0 Å². The summed E-state index contributed by atoms with van der Waals surface area (Å²) < 4.78 is 7.10. The molecule has 0 spiro atoms. The van der Waals surface area contributed by atoms with Crippen LogP contribution in [-0.4, -0.2) is 30.7 Å². The zero-order chi connectivity index (χ0) is 20.4. The highest BCUT2D eigenvalue weighted by Gasteiger charge is 2.22. The molecule has 3 rings (SSSR count). The summed E-state index contributed by atoms with van der Waals surface area (Å²) in [4.78, 5) is 22.8. The Bertz CT molecular complexity index is 1090. The zero-order valence-corrected chi connectivity index (χ0v) is 15.1. The van der Waals surface area contributed by atoms with Crippen molar-refractivity contribution in [3.05, 3.63) is 75.0 Å². The van der Waals surface area contributed by atoms with Gasteiger partial charge < -0.3 is 14.6 Å². The molecule has 0 aliphatic carbocycles. The second-order valence-corrected chi connectivity index (χ2v) is 6.14. The number of carbonyl (C=O) groups is 1. The van der Waals surface area contributed by atoms with Crippen molar-refractivity contribution in [1.82, 2.24) is 9.78 Å². The average molecular weight is 383 g/mol. The molecule has 1 aromatic carbocycles. The molecule has 0 fully saturated rings. The summed E-state index contributed by atoms with van der Waals surface area (Å²) in [5.41, 5.74) is 0.782. The van der Waals surface area contributed by atoms with E-state index in [-0.39, 0.29) is 29.3 Å². The van der Waals surface area contributed by atoms with Gasteiger partial charge in [-0.15, -0.1) is 0 Å². The van der Waals surface area contributed by atoms with Crippen LogP contribution in [0.2, 0.25) is 0 Å². The van der Waals surface area contributed by atoms with Crippen LogP contribution >= 0.6 is 0 Å². The Morgan fingerprint density at radius 2 is 2.04 bits per heavy atom. The van der Waals surface area contributed by atoms with Gasteiger partial charge in [0.05, 0.1) is 17.0 Å². The lowest BCUT2D eigenvalue weighted by atomic mass is 10.1. The Kier molecular flexibility index (Phi) is 4.99. The molecule has 0 unspecified atom stereocenters. The lowest BCUT2D eigenvalue weighted by Crippen LogP contribution is -2.03. The van der Waals surface area contributed by atoms with Crippen LogP contribution in [-0.2, 0) is 6.54 Å². The number of nitro groups is 1. The van der Waals surface area contributed by atoms with Gasteiger partial charge in [-0.3, -0.25) is 19.6 Å². The smallest absolute Gasteiger partial charge is 0.312 e. The highest BCUT2D eigenvalue weighted by Crippen LogP contribution is 2.24. The van der Waals surface area contributed by atoms with Crippen LogP contribution in [0.15, 0.2) is 40.8 Å². The molecule has 28 heavy (non-hydrogen) atoms. The molecule has 0 saturated heterocycles. The molecule has 9 nitrogen and oxygen atoms in total. The third kappa shape index (κ3) is 3.78. The quantitative estimate of drug-likeness (QED) is 0.289. The number of aromatic nitrogens is 2. The molecule has 0 atom stereocenters. The molecule has 2 heterocycles. The van der Waals surface area contributed by atoms with E-state index in [0.29, 0.717) is 22.9 Å². The summed E-state index contributed by atoms with van der Waals surface area (Å²) in [7, 11) is 0. The number of hydrogen-bond acceptors (Lipinski definition) is 7. The van der Waals surface area contributed by atoms with E-state index in [1.165, 1.54) is 29.0 Å². The van der Waals surface area contributed by atoms with Crippen LogP contribution in [0.1, 0.15) is 33.3 Å². The molecule has 9 heteroatoms. The number of ketones is 1. The molecular weight excluding hydrogens is 366 g/mol. The molecule has 144 valence electrons. The summed E-state index contributed by atoms with van der Waals surface area (Å²) in [5, 5.41) is 34.2. The SMILES string of the molecule is Cc1nn(Cc2ccc(/C=C/C(=O)c3ccc(O)cc3O)o2)c(C)c1[N+](=O)[O-]. The van der Waals surface area contributed by atoms with Crippen molar-refractivity contribution in [2.75, 3.05) is 0 Å². The average Bonchev–Trinajstić information content (AvgIpc) is 3.17. The van der Waals surface area contributed by atoms with Gasteiger partial charge in [-0.05, 0) is 50.3 Å². The second kappa shape index (κ2) is 7.39. The van der Waals surface area contributed by atoms with E-state index in [1.807, 2.05) is 0 Å². The van der Waals surface area contributed by atoms with Gasteiger partial charge in [0.1, 0.15) is 34.4 Å². The number of aryl methyl sites for hydroxylation is 1. The van der Waals surface area contributed by atoms with Gasteiger partial charge >= 0.3 is 5.69 Å². The molecule has 3 aromatic rings. The Morgan fingerprint density at radius 3 is 2.68 bits per heavy atom. The standard InChI is InChI=1S/C19H17N3O6/c1-11-19(22(26)27)12(2)21(20-11)10-15-5-4-14(28-15)6-8-17(24)16-7-3-13(23)9-18(16)25/h3-9,23,25H,10H2,1-2H3/b8-6+. The topological polar surface area (TPSA) is 132 Å². The number of furan rings is 1. The minimum atomic E-state index is -0.463. The number of benzene rings is 1. The molecule has 0 radical (unpaired) electrons. The van der Waals surface area contributed by atoms with Crippen molar-refractivity contribution >= 4 is 17.5 Å². The van der Waals surface area contributed by atoms with Gasteiger partial charge in [0, 0.05) is 6.07 Å². The number of phenolic OH excluding ortho intramolecular Hbond substituents is 2. The zero-order valence-electron chi connectivity index (χ0n) is 15.1. The Hall–Kier alpha value is -3.88. The minimum absolute atomic E-state index is 0.0222. The fourth-order valence-corrected chi connectivity index (χ4v) is 2.80. The Balaban J connectivity index is 1.74. The van der Waals surface area contributed by atoms with Gasteiger partial charge in [0.15, 0.2) is 5.78 Å². The maximum Gasteiger partial charge on any atom is 0.312 e. The van der Waals surface area contributed by atoms with Gasteiger partial charge in [-0.25, -0.2) is 0 Å². The first-order valence-electron chi connectivity index (χ1n) is 8.27. The number of nitrogens with zero attached hydrogens (tertiary/aromatic N) is 3. The maximum atomic E-state index is 12.1. The van der Waals surface area contributed by atoms with Crippen molar-refractivity contribution < 1.29 is 24.3 Å². The van der Waals surface area contributed by atoms with Crippen LogP contribution in [0.3, 0.4) is 0 Å².